The fourth-order valence-electron chi connectivity index (χ4n) is 2.08. The molecule has 0 heterocycles. The van der Waals surface area contributed by atoms with Crippen LogP contribution < -0.4 is 21.7 Å². The van der Waals surface area contributed by atoms with Crippen molar-refractivity contribution in [3.63, 3.8) is 0 Å². The number of carbonyl (C=O) groups is 4. The second kappa shape index (κ2) is 12.2. The largest absolute Gasteiger partial charge is 0.480 e. The molecule has 6 atom stereocenters. The van der Waals surface area contributed by atoms with Crippen LogP contribution in [-0.4, -0.2) is 87.6 Å². The molecule has 9 N–H and O–H groups in total. The van der Waals surface area contributed by atoms with E-state index in [9.17, 15) is 29.4 Å². The first kappa shape index (κ1) is 25.7. The number of hydrogen-bond acceptors (Lipinski definition) is 8. The summed E-state index contributed by atoms with van der Waals surface area (Å²) in [6.07, 6.45) is -0.745. The van der Waals surface area contributed by atoms with Crippen molar-refractivity contribution in [1.29, 1.82) is 0 Å². The van der Waals surface area contributed by atoms with Crippen LogP contribution in [0.2, 0.25) is 0 Å². The minimum absolute atomic E-state index is 0.424. The number of aliphatic hydroxyl groups excluding tert-OH is 3. The summed E-state index contributed by atoms with van der Waals surface area (Å²) in [5.74, 6) is -4.48. The number of carbonyl (C=O) groups excluding carboxylic acids is 3. The second-order valence-corrected chi connectivity index (χ2v) is 6.46. The third-order valence-electron chi connectivity index (χ3n) is 4.23. The van der Waals surface area contributed by atoms with Crippen molar-refractivity contribution in [2.24, 2.45) is 11.7 Å². The molecule has 0 bridgehead atoms. The predicted molar refractivity (Wildman–Crippen MR) is 96.7 cm³/mol. The number of aliphatic hydroxyl groups is 3. The molecule has 0 saturated carbocycles. The quantitative estimate of drug-likeness (QED) is 0.160. The molecule has 0 saturated heterocycles. The number of hydrogen-bond donors (Lipinski definition) is 8. The molecular weight excluding hydrogens is 376 g/mol. The van der Waals surface area contributed by atoms with Crippen LogP contribution in [0.4, 0.5) is 0 Å². The van der Waals surface area contributed by atoms with Crippen molar-refractivity contribution in [3.8, 4) is 0 Å². The summed E-state index contributed by atoms with van der Waals surface area (Å²) in [7, 11) is 0. The molecule has 3 amide bonds. The van der Waals surface area contributed by atoms with Gasteiger partial charge in [0, 0.05) is 0 Å². The Labute approximate surface area is 162 Å². The molecule has 0 aliphatic heterocycles. The Morgan fingerprint density at radius 3 is 1.79 bits per heavy atom. The van der Waals surface area contributed by atoms with E-state index in [4.69, 9.17) is 15.9 Å². The number of nitrogens with two attached hydrogens (primary N) is 1. The highest BCUT2D eigenvalue weighted by molar-refractivity contribution is 5.94. The van der Waals surface area contributed by atoms with Gasteiger partial charge in [-0.15, -0.1) is 0 Å². The average molecular weight is 406 g/mol. The lowest BCUT2D eigenvalue weighted by molar-refractivity contribution is -0.143. The monoisotopic (exact) mass is 406 g/mol. The highest BCUT2D eigenvalue weighted by Gasteiger charge is 2.32. The molecule has 0 aromatic heterocycles. The minimum Gasteiger partial charge on any atom is -0.480 e. The number of rotatable bonds is 12. The lowest BCUT2D eigenvalue weighted by Crippen LogP contribution is -2.60. The lowest BCUT2D eigenvalue weighted by Gasteiger charge is -2.27. The average Bonchev–Trinajstić information content (AvgIpc) is 2.65. The van der Waals surface area contributed by atoms with Gasteiger partial charge in [-0.1, -0.05) is 20.3 Å². The molecule has 0 fully saturated rings. The number of nitrogens with one attached hydrogen (secondary N) is 3. The standard InChI is InChI=1S/C16H30N4O8/c1-4-7(2)12(15(26)19-10(6-22)16(27)28)20-13(24)9(5-21)18-14(25)11(17)8(3)23/h7-12,21-23H,4-6,17H2,1-3H3,(H,18,25)(H,19,26)(H,20,24)(H,27,28). The Morgan fingerprint density at radius 2 is 1.39 bits per heavy atom. The van der Waals surface area contributed by atoms with Gasteiger partial charge >= 0.3 is 5.97 Å². The molecule has 0 radical (unpaired) electrons. The predicted octanol–water partition coefficient (Wildman–Crippen LogP) is -3.74. The summed E-state index contributed by atoms with van der Waals surface area (Å²) in [4.78, 5) is 47.6. The van der Waals surface area contributed by atoms with Crippen LogP contribution in [-0.2, 0) is 19.2 Å². The van der Waals surface area contributed by atoms with Gasteiger partial charge in [-0.25, -0.2) is 4.79 Å². The molecular formula is C16H30N4O8. The molecule has 12 nitrogen and oxygen atoms in total. The number of aliphatic carboxylic acids is 1. The molecule has 6 unspecified atom stereocenters. The summed E-state index contributed by atoms with van der Waals surface area (Å²) in [6.45, 7) is 3.02. The highest BCUT2D eigenvalue weighted by atomic mass is 16.4. The first-order chi connectivity index (χ1) is 13.0. The van der Waals surface area contributed by atoms with Crippen LogP contribution in [0, 0.1) is 5.92 Å². The van der Waals surface area contributed by atoms with Crippen molar-refractivity contribution in [2.75, 3.05) is 13.2 Å². The van der Waals surface area contributed by atoms with Crippen molar-refractivity contribution < 1.29 is 39.6 Å². The highest BCUT2D eigenvalue weighted by Crippen LogP contribution is 2.09. The Bertz CT molecular complexity index is 557. The molecule has 0 spiro atoms. The fourth-order valence-corrected chi connectivity index (χ4v) is 2.08. The van der Waals surface area contributed by atoms with Gasteiger partial charge in [0.05, 0.1) is 19.3 Å². The maximum Gasteiger partial charge on any atom is 0.328 e. The van der Waals surface area contributed by atoms with E-state index in [1.54, 1.807) is 13.8 Å². The number of carboxylic acids is 1. The van der Waals surface area contributed by atoms with Crippen LogP contribution >= 0.6 is 0 Å². The third kappa shape index (κ3) is 7.76. The molecule has 0 rings (SSSR count). The van der Waals surface area contributed by atoms with E-state index >= 15 is 0 Å². The van der Waals surface area contributed by atoms with E-state index < -0.39 is 73.1 Å². The first-order valence-corrected chi connectivity index (χ1v) is 8.79. The molecule has 28 heavy (non-hydrogen) atoms. The van der Waals surface area contributed by atoms with Gasteiger partial charge in [-0.2, -0.15) is 0 Å². The zero-order chi connectivity index (χ0) is 22.0. The zero-order valence-corrected chi connectivity index (χ0v) is 16.1. The minimum atomic E-state index is -1.55. The third-order valence-corrected chi connectivity index (χ3v) is 4.23. The topological polar surface area (TPSA) is 211 Å². The molecule has 0 aromatic carbocycles. The molecule has 12 heteroatoms. The molecule has 0 aliphatic carbocycles. The van der Waals surface area contributed by atoms with Gasteiger partial charge in [-0.05, 0) is 12.8 Å². The van der Waals surface area contributed by atoms with Gasteiger partial charge in [0.15, 0.2) is 0 Å². The van der Waals surface area contributed by atoms with Crippen LogP contribution in [0.25, 0.3) is 0 Å². The van der Waals surface area contributed by atoms with Gasteiger partial charge in [0.25, 0.3) is 0 Å². The van der Waals surface area contributed by atoms with Crippen LogP contribution in [0.3, 0.4) is 0 Å². The van der Waals surface area contributed by atoms with Crippen LogP contribution in [0.5, 0.6) is 0 Å². The summed E-state index contributed by atoms with van der Waals surface area (Å²) in [6, 6.07) is -5.49. The van der Waals surface area contributed by atoms with Gasteiger partial charge in [0.1, 0.15) is 24.2 Å². The van der Waals surface area contributed by atoms with E-state index in [0.29, 0.717) is 6.42 Å². The van der Waals surface area contributed by atoms with E-state index in [-0.39, 0.29) is 0 Å². The van der Waals surface area contributed by atoms with Gasteiger partial charge < -0.3 is 42.1 Å². The van der Waals surface area contributed by atoms with E-state index in [1.165, 1.54) is 6.92 Å². The summed E-state index contributed by atoms with van der Waals surface area (Å²) in [5.41, 5.74) is 5.46. The van der Waals surface area contributed by atoms with E-state index in [0.717, 1.165) is 0 Å². The Balaban J connectivity index is 5.24. The normalized spacial score (nSPS) is 17.4. The Hall–Kier alpha value is -2.28. The SMILES string of the molecule is CCC(C)C(NC(=O)C(CO)NC(=O)C(N)C(C)O)C(=O)NC(CO)C(=O)O. The summed E-state index contributed by atoms with van der Waals surface area (Å²) < 4.78 is 0. The first-order valence-electron chi connectivity index (χ1n) is 8.79. The Morgan fingerprint density at radius 1 is 0.893 bits per heavy atom. The van der Waals surface area contributed by atoms with Crippen molar-refractivity contribution in [3.05, 3.63) is 0 Å². The van der Waals surface area contributed by atoms with E-state index in [2.05, 4.69) is 16.0 Å². The zero-order valence-electron chi connectivity index (χ0n) is 16.1. The van der Waals surface area contributed by atoms with Crippen LogP contribution in [0.1, 0.15) is 27.2 Å². The van der Waals surface area contributed by atoms with Gasteiger partial charge in [0.2, 0.25) is 17.7 Å². The van der Waals surface area contributed by atoms with Crippen molar-refractivity contribution in [1.82, 2.24) is 16.0 Å². The summed E-state index contributed by atoms with van der Waals surface area (Å²) >= 11 is 0. The van der Waals surface area contributed by atoms with Gasteiger partial charge in [-0.3, -0.25) is 14.4 Å². The smallest absolute Gasteiger partial charge is 0.328 e. The maximum atomic E-state index is 12.4. The molecule has 0 aliphatic rings. The second-order valence-electron chi connectivity index (χ2n) is 6.46. The van der Waals surface area contributed by atoms with E-state index in [1.807, 2.05) is 0 Å². The number of amides is 3. The molecule has 0 aromatic rings. The molecule has 162 valence electrons. The lowest BCUT2D eigenvalue weighted by atomic mass is 9.97. The van der Waals surface area contributed by atoms with Crippen molar-refractivity contribution in [2.45, 2.75) is 57.5 Å². The maximum absolute atomic E-state index is 12.4. The Kier molecular flexibility index (Phi) is 11.2. The van der Waals surface area contributed by atoms with Crippen molar-refractivity contribution >= 4 is 23.7 Å². The summed E-state index contributed by atoms with van der Waals surface area (Å²) in [5, 5.41) is 43.3. The van der Waals surface area contributed by atoms with Crippen LogP contribution in [0.15, 0.2) is 0 Å². The fraction of sp³-hybridized carbons (Fsp3) is 0.750. The number of carboxylic acid groups (broad SMARTS) is 1.